The highest BCUT2D eigenvalue weighted by molar-refractivity contribution is 5.85. The largest absolute Gasteiger partial charge is 0.478 e. The summed E-state index contributed by atoms with van der Waals surface area (Å²) in [7, 11) is 0. The Morgan fingerprint density at radius 3 is 2.53 bits per heavy atom. The van der Waals surface area contributed by atoms with Gasteiger partial charge in [-0.1, -0.05) is 13.0 Å². The zero-order chi connectivity index (χ0) is 12.9. The Morgan fingerprint density at radius 2 is 2.06 bits per heavy atom. The van der Waals surface area contributed by atoms with Gasteiger partial charge in [0.1, 0.15) is 0 Å². The van der Waals surface area contributed by atoms with E-state index in [9.17, 15) is 9.90 Å². The molecule has 0 spiro atoms. The van der Waals surface area contributed by atoms with Crippen molar-refractivity contribution in [3.63, 3.8) is 0 Å². The van der Waals surface area contributed by atoms with Crippen molar-refractivity contribution in [3.05, 3.63) is 11.6 Å². The van der Waals surface area contributed by atoms with E-state index in [0.29, 0.717) is 12.1 Å². The number of carboxylic acid groups (broad SMARTS) is 1. The van der Waals surface area contributed by atoms with Gasteiger partial charge in [-0.3, -0.25) is 0 Å². The van der Waals surface area contributed by atoms with Gasteiger partial charge in [-0.15, -0.1) is 0 Å². The first kappa shape index (κ1) is 14.2. The Kier molecular flexibility index (Phi) is 5.15. The monoisotopic (exact) mass is 241 g/mol. The fourth-order valence-electron chi connectivity index (χ4n) is 2.21. The number of carboxylic acids is 1. The van der Waals surface area contributed by atoms with Gasteiger partial charge in [-0.05, 0) is 38.5 Å². The lowest BCUT2D eigenvalue weighted by molar-refractivity contribution is -0.132. The van der Waals surface area contributed by atoms with E-state index in [0.717, 1.165) is 31.6 Å². The molecule has 17 heavy (non-hydrogen) atoms. The first-order chi connectivity index (χ1) is 7.99. The van der Waals surface area contributed by atoms with E-state index in [2.05, 4.69) is 12.2 Å². The maximum atomic E-state index is 10.6. The van der Waals surface area contributed by atoms with Crippen LogP contribution in [0.15, 0.2) is 11.6 Å². The molecule has 0 radical (unpaired) electrons. The minimum Gasteiger partial charge on any atom is -0.478 e. The molecule has 1 aliphatic carbocycles. The van der Waals surface area contributed by atoms with Gasteiger partial charge in [0.2, 0.25) is 0 Å². The topological polar surface area (TPSA) is 69.6 Å². The van der Waals surface area contributed by atoms with Crippen molar-refractivity contribution in [3.8, 4) is 0 Å². The van der Waals surface area contributed by atoms with Gasteiger partial charge in [0.05, 0.1) is 6.61 Å². The van der Waals surface area contributed by atoms with E-state index < -0.39 is 5.97 Å². The van der Waals surface area contributed by atoms with Gasteiger partial charge in [0.15, 0.2) is 0 Å². The van der Waals surface area contributed by atoms with Crippen LogP contribution < -0.4 is 5.32 Å². The van der Waals surface area contributed by atoms with E-state index in [1.54, 1.807) is 13.0 Å². The van der Waals surface area contributed by atoms with Crippen LogP contribution in [0.5, 0.6) is 0 Å². The first-order valence-electron chi connectivity index (χ1n) is 6.25. The molecule has 4 heteroatoms. The maximum absolute atomic E-state index is 10.6. The summed E-state index contributed by atoms with van der Waals surface area (Å²) in [6.07, 6.45) is 5.83. The maximum Gasteiger partial charge on any atom is 0.330 e. The summed E-state index contributed by atoms with van der Waals surface area (Å²) in [5, 5.41) is 21.5. The summed E-state index contributed by atoms with van der Waals surface area (Å²) in [4.78, 5) is 10.6. The average Bonchev–Trinajstić information content (AvgIpc) is 2.32. The normalized spacial score (nSPS) is 30.3. The van der Waals surface area contributed by atoms with Crippen LogP contribution in [0.25, 0.3) is 0 Å². The fraction of sp³-hybridized carbons (Fsp3) is 0.769. The molecule has 4 nitrogen and oxygen atoms in total. The lowest BCUT2D eigenvalue weighted by atomic mass is 9.77. The van der Waals surface area contributed by atoms with Crippen molar-refractivity contribution in [1.82, 2.24) is 5.32 Å². The van der Waals surface area contributed by atoms with E-state index >= 15 is 0 Å². The molecular formula is C13H23NO3. The molecule has 0 amide bonds. The van der Waals surface area contributed by atoms with E-state index in [4.69, 9.17) is 5.11 Å². The van der Waals surface area contributed by atoms with Crippen molar-refractivity contribution in [2.45, 2.75) is 45.1 Å². The number of aliphatic carboxylic acids is 1. The summed E-state index contributed by atoms with van der Waals surface area (Å²) >= 11 is 0. The highest BCUT2D eigenvalue weighted by atomic mass is 16.4. The van der Waals surface area contributed by atoms with Crippen LogP contribution in [0.2, 0.25) is 0 Å². The molecule has 0 atom stereocenters. The minimum absolute atomic E-state index is 0.125. The van der Waals surface area contributed by atoms with Crippen LogP contribution in [0.3, 0.4) is 0 Å². The molecule has 0 bridgehead atoms. The lowest BCUT2D eigenvalue weighted by Gasteiger charge is -2.38. The van der Waals surface area contributed by atoms with Gasteiger partial charge in [-0.2, -0.15) is 0 Å². The second-order valence-electron chi connectivity index (χ2n) is 5.19. The predicted molar refractivity (Wildman–Crippen MR) is 66.8 cm³/mol. The lowest BCUT2D eigenvalue weighted by Crippen LogP contribution is -2.50. The van der Waals surface area contributed by atoms with Gasteiger partial charge in [0.25, 0.3) is 0 Å². The van der Waals surface area contributed by atoms with Crippen molar-refractivity contribution < 1.29 is 15.0 Å². The SMILES string of the molecule is C/C(=C/CNC1(CO)CCC(C)CC1)C(=O)O. The van der Waals surface area contributed by atoms with E-state index in [-0.39, 0.29) is 12.1 Å². The average molecular weight is 241 g/mol. The third-order valence-corrected chi connectivity index (χ3v) is 3.76. The number of aliphatic hydroxyl groups is 1. The summed E-state index contributed by atoms with van der Waals surface area (Å²) in [6.45, 7) is 4.45. The smallest absolute Gasteiger partial charge is 0.330 e. The molecule has 98 valence electrons. The van der Waals surface area contributed by atoms with Crippen molar-refractivity contribution >= 4 is 5.97 Å². The first-order valence-corrected chi connectivity index (χ1v) is 6.25. The van der Waals surface area contributed by atoms with E-state index in [1.165, 1.54) is 0 Å². The number of rotatable bonds is 5. The van der Waals surface area contributed by atoms with Crippen LogP contribution in [0.4, 0.5) is 0 Å². The molecule has 0 aromatic rings. The summed E-state index contributed by atoms with van der Waals surface area (Å²) in [6, 6.07) is 0. The Labute approximate surface area is 103 Å². The summed E-state index contributed by atoms with van der Waals surface area (Å²) < 4.78 is 0. The number of aliphatic hydroxyl groups excluding tert-OH is 1. The van der Waals surface area contributed by atoms with Gasteiger partial charge in [-0.25, -0.2) is 4.79 Å². The Bertz CT molecular complexity index is 291. The van der Waals surface area contributed by atoms with Crippen LogP contribution in [0.1, 0.15) is 39.5 Å². The zero-order valence-corrected chi connectivity index (χ0v) is 10.7. The van der Waals surface area contributed by atoms with Gasteiger partial charge < -0.3 is 15.5 Å². The zero-order valence-electron chi connectivity index (χ0n) is 10.7. The molecular weight excluding hydrogens is 218 g/mol. The standard InChI is InChI=1S/C13H23NO3/c1-10-3-6-13(9-15,7-4-10)14-8-5-11(2)12(16)17/h5,10,14-15H,3-4,6-9H2,1-2H3,(H,16,17)/b11-5-. The van der Waals surface area contributed by atoms with Crippen LogP contribution in [0, 0.1) is 5.92 Å². The number of hydrogen-bond acceptors (Lipinski definition) is 3. The summed E-state index contributed by atoms with van der Waals surface area (Å²) in [5.41, 5.74) is 0.136. The molecule has 0 saturated heterocycles. The number of carbonyl (C=O) groups is 1. The van der Waals surface area contributed by atoms with Gasteiger partial charge in [0, 0.05) is 17.7 Å². The van der Waals surface area contributed by atoms with Gasteiger partial charge >= 0.3 is 5.97 Å². The molecule has 1 aliphatic rings. The van der Waals surface area contributed by atoms with Crippen molar-refractivity contribution in [1.29, 1.82) is 0 Å². The van der Waals surface area contributed by atoms with Crippen LogP contribution in [-0.4, -0.2) is 34.9 Å². The molecule has 0 aromatic carbocycles. The minimum atomic E-state index is -0.887. The number of nitrogens with one attached hydrogen (secondary N) is 1. The second-order valence-corrected chi connectivity index (χ2v) is 5.19. The van der Waals surface area contributed by atoms with Crippen LogP contribution >= 0.6 is 0 Å². The molecule has 1 fully saturated rings. The van der Waals surface area contributed by atoms with Crippen molar-refractivity contribution in [2.75, 3.05) is 13.2 Å². The predicted octanol–water partition coefficient (Wildman–Crippen LogP) is 1.55. The Hall–Kier alpha value is -0.870. The molecule has 0 aliphatic heterocycles. The Balaban J connectivity index is 2.47. The molecule has 1 rings (SSSR count). The molecule has 0 aromatic heterocycles. The molecule has 0 unspecified atom stereocenters. The van der Waals surface area contributed by atoms with Crippen LogP contribution in [-0.2, 0) is 4.79 Å². The van der Waals surface area contributed by atoms with Crippen molar-refractivity contribution in [2.24, 2.45) is 5.92 Å². The second kappa shape index (κ2) is 6.17. The fourth-order valence-corrected chi connectivity index (χ4v) is 2.21. The van der Waals surface area contributed by atoms with E-state index in [1.807, 2.05) is 0 Å². The summed E-state index contributed by atoms with van der Waals surface area (Å²) in [5.74, 6) is -0.158. The third kappa shape index (κ3) is 4.13. The molecule has 1 saturated carbocycles. The highest BCUT2D eigenvalue weighted by Crippen LogP contribution is 2.31. The Morgan fingerprint density at radius 1 is 1.47 bits per heavy atom. The third-order valence-electron chi connectivity index (χ3n) is 3.76. The highest BCUT2D eigenvalue weighted by Gasteiger charge is 2.32. The molecule has 3 N–H and O–H groups in total. The number of hydrogen-bond donors (Lipinski definition) is 3. The quantitative estimate of drug-likeness (QED) is 0.639. The molecule has 0 heterocycles.